The molecular weight excluding hydrogens is 450 g/mol. The van der Waals surface area contributed by atoms with Crippen molar-refractivity contribution in [2.75, 3.05) is 0 Å². The molecule has 36 heavy (non-hydrogen) atoms. The van der Waals surface area contributed by atoms with Gasteiger partial charge in [0.05, 0.1) is 0 Å². The monoisotopic (exact) mass is 483 g/mol. The van der Waals surface area contributed by atoms with E-state index in [0.717, 1.165) is 79.6 Å². The predicted octanol–water partition coefficient (Wildman–Crippen LogP) is 5.67. The fourth-order valence-electron chi connectivity index (χ4n) is 5.05. The molecule has 0 bridgehead atoms. The van der Waals surface area contributed by atoms with Gasteiger partial charge in [-0.3, -0.25) is 4.79 Å². The number of nitrogens with one attached hydrogen (secondary N) is 1. The lowest BCUT2D eigenvalue weighted by Crippen LogP contribution is -2.19. The number of aromatic amines is 1. The Morgan fingerprint density at radius 1 is 1.00 bits per heavy atom. The zero-order valence-electron chi connectivity index (χ0n) is 20.9. The zero-order chi connectivity index (χ0) is 24.7. The van der Waals surface area contributed by atoms with E-state index in [0.29, 0.717) is 18.1 Å². The van der Waals surface area contributed by atoms with Crippen LogP contribution in [0.15, 0.2) is 48.5 Å². The maximum atomic E-state index is 13.1. The van der Waals surface area contributed by atoms with Gasteiger partial charge in [0.1, 0.15) is 5.82 Å². The van der Waals surface area contributed by atoms with Crippen molar-refractivity contribution in [1.82, 2.24) is 35.4 Å². The number of tetrazole rings is 1. The Morgan fingerprint density at radius 2 is 1.78 bits per heavy atom. The average Bonchev–Trinajstić information content (AvgIpc) is 3.60. The number of benzene rings is 2. The number of hydrogen-bond acceptors (Lipinski definition) is 6. The van der Waals surface area contributed by atoms with E-state index in [-0.39, 0.29) is 11.7 Å². The van der Waals surface area contributed by atoms with Gasteiger partial charge < -0.3 is 0 Å². The molecule has 4 aromatic rings. The van der Waals surface area contributed by atoms with Gasteiger partial charge in [0.25, 0.3) is 0 Å². The molecule has 8 nitrogen and oxygen atoms in total. The highest BCUT2D eigenvalue weighted by molar-refractivity contribution is 5.94. The van der Waals surface area contributed by atoms with E-state index in [4.69, 9.17) is 10.1 Å². The topological polar surface area (TPSA) is 102 Å². The van der Waals surface area contributed by atoms with E-state index < -0.39 is 0 Å². The van der Waals surface area contributed by atoms with Crippen LogP contribution in [0.3, 0.4) is 0 Å². The van der Waals surface area contributed by atoms with Gasteiger partial charge in [-0.2, -0.15) is 0 Å². The van der Waals surface area contributed by atoms with Crippen LogP contribution in [0.5, 0.6) is 0 Å². The quantitative estimate of drug-likeness (QED) is 0.230. The molecule has 1 aliphatic rings. The molecule has 186 valence electrons. The number of unbranched alkanes of at least 4 members (excludes halogenated alkanes) is 2. The van der Waals surface area contributed by atoms with Crippen LogP contribution in [0.4, 0.5) is 0 Å². The van der Waals surface area contributed by atoms with Crippen molar-refractivity contribution in [3.05, 3.63) is 65.7 Å². The molecule has 0 aliphatic heterocycles. The molecule has 0 radical (unpaired) electrons. The third-order valence-electron chi connectivity index (χ3n) is 7.07. The lowest BCUT2D eigenvalue weighted by atomic mass is 9.86. The van der Waals surface area contributed by atoms with Crippen LogP contribution < -0.4 is 0 Å². The highest BCUT2D eigenvalue weighted by atomic mass is 16.1. The number of hydrogen-bond donors (Lipinski definition) is 1. The van der Waals surface area contributed by atoms with Crippen LogP contribution in [0.1, 0.15) is 80.3 Å². The largest absolute Gasteiger partial charge is 0.290 e. The second-order valence-corrected chi connectivity index (χ2v) is 9.65. The Kier molecular flexibility index (Phi) is 7.59. The molecule has 2 aromatic heterocycles. The van der Waals surface area contributed by atoms with Gasteiger partial charge in [-0.1, -0.05) is 87.6 Å². The van der Waals surface area contributed by atoms with Crippen LogP contribution in [-0.4, -0.2) is 41.2 Å². The smallest absolute Gasteiger partial charge is 0.217 e. The fraction of sp³-hybridized carbons (Fsp3) is 0.429. The number of aromatic nitrogens is 7. The molecule has 1 N–H and O–H groups in total. The lowest BCUT2D eigenvalue weighted by molar-refractivity contribution is 0.0878. The number of Topliss-reactive ketones (excluding diaryl/α,β-unsaturated/α-hetero) is 1. The van der Waals surface area contributed by atoms with Crippen LogP contribution in [-0.2, 0) is 13.0 Å². The maximum absolute atomic E-state index is 13.1. The number of nitrogens with zero attached hydrogens (tertiary/aromatic N) is 6. The van der Waals surface area contributed by atoms with Gasteiger partial charge >= 0.3 is 0 Å². The van der Waals surface area contributed by atoms with E-state index in [1.807, 2.05) is 22.9 Å². The Hall–Kier alpha value is -3.68. The first-order valence-corrected chi connectivity index (χ1v) is 13.1. The summed E-state index contributed by atoms with van der Waals surface area (Å²) >= 11 is 0. The maximum Gasteiger partial charge on any atom is 0.217 e. The Bertz CT molecular complexity index is 1270. The molecule has 0 saturated heterocycles. The van der Waals surface area contributed by atoms with Crippen molar-refractivity contribution in [3.8, 4) is 22.5 Å². The first kappa shape index (κ1) is 24.0. The number of ketones is 1. The number of carbonyl (C=O) groups excluding carboxylic acids is 1. The van der Waals surface area contributed by atoms with E-state index in [1.54, 1.807) is 0 Å². The van der Waals surface area contributed by atoms with Crippen LogP contribution in [0, 0.1) is 5.92 Å². The summed E-state index contributed by atoms with van der Waals surface area (Å²) in [5.41, 5.74) is 4.24. The molecule has 1 fully saturated rings. The highest BCUT2D eigenvalue weighted by Crippen LogP contribution is 2.30. The first-order valence-electron chi connectivity index (χ1n) is 13.1. The Balaban J connectivity index is 1.37. The molecule has 0 atom stereocenters. The van der Waals surface area contributed by atoms with Gasteiger partial charge in [0, 0.05) is 24.4 Å². The SMILES string of the molecule is CCCCCn1nc(C(=O)C2CCCCC2)nc1Cc1ccc(-c2ccccc2-c2nnn[nH]2)cc1. The minimum atomic E-state index is 0.0806. The van der Waals surface area contributed by atoms with Gasteiger partial charge in [0.2, 0.25) is 11.6 Å². The van der Waals surface area contributed by atoms with Crippen molar-refractivity contribution in [3.63, 3.8) is 0 Å². The van der Waals surface area contributed by atoms with E-state index >= 15 is 0 Å². The van der Waals surface area contributed by atoms with E-state index in [1.165, 1.54) is 6.42 Å². The summed E-state index contributed by atoms with van der Waals surface area (Å²) in [7, 11) is 0. The Morgan fingerprint density at radius 3 is 2.50 bits per heavy atom. The van der Waals surface area contributed by atoms with Crippen molar-refractivity contribution in [1.29, 1.82) is 0 Å². The summed E-state index contributed by atoms with van der Waals surface area (Å²) in [5.74, 6) is 2.12. The van der Waals surface area contributed by atoms with Crippen molar-refractivity contribution < 1.29 is 4.79 Å². The van der Waals surface area contributed by atoms with Gasteiger partial charge in [0.15, 0.2) is 5.82 Å². The van der Waals surface area contributed by atoms with Crippen molar-refractivity contribution in [2.45, 2.75) is 71.3 Å². The number of carbonyl (C=O) groups is 1. The normalized spacial score (nSPS) is 14.2. The second-order valence-electron chi connectivity index (χ2n) is 9.65. The second kappa shape index (κ2) is 11.4. The molecule has 1 aliphatic carbocycles. The summed E-state index contributed by atoms with van der Waals surface area (Å²) in [6.45, 7) is 2.99. The Labute approximate surface area is 211 Å². The average molecular weight is 484 g/mol. The molecule has 0 amide bonds. The summed E-state index contributed by atoms with van der Waals surface area (Å²) in [6, 6.07) is 16.5. The first-order chi connectivity index (χ1) is 17.7. The minimum Gasteiger partial charge on any atom is -0.290 e. The number of H-pyrrole nitrogens is 1. The summed E-state index contributed by atoms with van der Waals surface area (Å²) in [4.78, 5) is 17.9. The van der Waals surface area contributed by atoms with Crippen LogP contribution in [0.2, 0.25) is 0 Å². The fourth-order valence-corrected chi connectivity index (χ4v) is 5.05. The predicted molar refractivity (Wildman–Crippen MR) is 138 cm³/mol. The lowest BCUT2D eigenvalue weighted by Gasteiger charge is -2.18. The van der Waals surface area contributed by atoms with Crippen LogP contribution >= 0.6 is 0 Å². The molecule has 8 heteroatoms. The van der Waals surface area contributed by atoms with E-state index in [2.05, 4.69) is 57.9 Å². The third kappa shape index (κ3) is 5.42. The minimum absolute atomic E-state index is 0.0806. The molecule has 0 spiro atoms. The molecule has 5 rings (SSSR count). The third-order valence-corrected chi connectivity index (χ3v) is 7.07. The highest BCUT2D eigenvalue weighted by Gasteiger charge is 2.26. The number of rotatable bonds is 10. The summed E-state index contributed by atoms with van der Waals surface area (Å²) < 4.78 is 1.96. The van der Waals surface area contributed by atoms with Crippen molar-refractivity contribution in [2.24, 2.45) is 5.92 Å². The van der Waals surface area contributed by atoms with Gasteiger partial charge in [-0.05, 0) is 46.4 Å². The molecule has 1 saturated carbocycles. The molecule has 2 heterocycles. The molecule has 0 unspecified atom stereocenters. The zero-order valence-corrected chi connectivity index (χ0v) is 20.9. The van der Waals surface area contributed by atoms with Crippen LogP contribution in [0.25, 0.3) is 22.5 Å². The van der Waals surface area contributed by atoms with Gasteiger partial charge in [-0.25, -0.2) is 14.8 Å². The standard InChI is InChI=1S/C28H33N7O/c1-2-3-9-18-35-25(29-28(32-35)26(36)22-10-5-4-6-11-22)19-20-14-16-21(17-15-20)23-12-7-8-13-24(23)27-30-33-34-31-27/h7-8,12-17,22H,2-6,9-11,18-19H2,1H3,(H,30,31,33,34). The van der Waals surface area contributed by atoms with E-state index in [9.17, 15) is 4.79 Å². The van der Waals surface area contributed by atoms with Gasteiger partial charge in [-0.15, -0.1) is 10.2 Å². The van der Waals surface area contributed by atoms with Crippen molar-refractivity contribution >= 4 is 5.78 Å². The number of aryl methyl sites for hydroxylation is 1. The molecular formula is C28H33N7O. The molecule has 2 aromatic carbocycles. The summed E-state index contributed by atoms with van der Waals surface area (Å²) in [6.07, 6.45) is 9.37. The summed E-state index contributed by atoms with van der Waals surface area (Å²) in [5, 5.41) is 19.0.